The van der Waals surface area contributed by atoms with Gasteiger partial charge < -0.3 is 15.3 Å². The third kappa shape index (κ3) is 4.13. The molecule has 0 radical (unpaired) electrons. The number of carboxylic acids is 1. The molecule has 24 heavy (non-hydrogen) atoms. The summed E-state index contributed by atoms with van der Waals surface area (Å²) in [6, 6.07) is 6.83. The van der Waals surface area contributed by atoms with Crippen molar-refractivity contribution in [2.75, 3.05) is 18.4 Å². The number of anilines is 1. The van der Waals surface area contributed by atoms with Gasteiger partial charge >= 0.3 is 5.97 Å². The van der Waals surface area contributed by atoms with Crippen LogP contribution in [0.5, 0.6) is 0 Å². The van der Waals surface area contributed by atoms with Crippen LogP contribution < -0.4 is 5.32 Å². The molecule has 1 aromatic carbocycles. The van der Waals surface area contributed by atoms with Gasteiger partial charge in [-0.2, -0.15) is 0 Å². The summed E-state index contributed by atoms with van der Waals surface area (Å²) in [4.78, 5) is 37.1. The number of aliphatic carboxylic acids is 1. The standard InChI is InChI=1S/C18H22N2O4/c21-16(22)10-12-3-7-15(8-4-12)19-17(23)14-2-1-9-20(11-14)18(24)13-5-6-13/h3-4,7-8,13-14H,1-2,5-6,9-11H2,(H,19,23)(H,21,22). The number of hydrogen-bond donors (Lipinski definition) is 2. The highest BCUT2D eigenvalue weighted by atomic mass is 16.4. The highest BCUT2D eigenvalue weighted by Gasteiger charge is 2.36. The minimum absolute atomic E-state index is 0.0326. The maximum atomic E-state index is 12.4. The molecule has 1 aliphatic carbocycles. The summed E-state index contributed by atoms with van der Waals surface area (Å²) in [7, 11) is 0. The highest BCUT2D eigenvalue weighted by molar-refractivity contribution is 5.93. The van der Waals surface area contributed by atoms with Crippen molar-refractivity contribution in [1.29, 1.82) is 0 Å². The Morgan fingerprint density at radius 3 is 2.42 bits per heavy atom. The number of amides is 2. The lowest BCUT2D eigenvalue weighted by Crippen LogP contribution is -2.44. The molecule has 2 aliphatic rings. The Kier molecular flexibility index (Phi) is 4.83. The number of nitrogens with zero attached hydrogens (tertiary/aromatic N) is 1. The summed E-state index contributed by atoms with van der Waals surface area (Å²) in [5.41, 5.74) is 1.35. The minimum atomic E-state index is -0.880. The predicted octanol–water partition coefficient (Wildman–Crippen LogP) is 1.90. The minimum Gasteiger partial charge on any atom is -0.481 e. The van der Waals surface area contributed by atoms with Crippen LogP contribution in [0.3, 0.4) is 0 Å². The van der Waals surface area contributed by atoms with Crippen LogP contribution >= 0.6 is 0 Å². The van der Waals surface area contributed by atoms with E-state index in [0.717, 1.165) is 32.2 Å². The average molecular weight is 330 g/mol. The number of carbonyl (C=O) groups excluding carboxylic acids is 2. The Balaban J connectivity index is 1.55. The molecular formula is C18H22N2O4. The molecule has 1 saturated carbocycles. The molecule has 1 unspecified atom stereocenters. The zero-order chi connectivity index (χ0) is 17.1. The van der Waals surface area contributed by atoms with Gasteiger partial charge in [0.15, 0.2) is 0 Å². The van der Waals surface area contributed by atoms with Crippen LogP contribution in [0.25, 0.3) is 0 Å². The van der Waals surface area contributed by atoms with E-state index in [2.05, 4.69) is 5.32 Å². The van der Waals surface area contributed by atoms with Crippen LogP contribution in [0, 0.1) is 11.8 Å². The van der Waals surface area contributed by atoms with E-state index in [9.17, 15) is 14.4 Å². The lowest BCUT2D eigenvalue weighted by molar-refractivity contribution is -0.137. The molecule has 1 aliphatic heterocycles. The monoisotopic (exact) mass is 330 g/mol. The Morgan fingerprint density at radius 2 is 1.79 bits per heavy atom. The van der Waals surface area contributed by atoms with E-state index >= 15 is 0 Å². The normalized spacial score (nSPS) is 20.5. The van der Waals surface area contributed by atoms with Crippen LogP contribution in [0.15, 0.2) is 24.3 Å². The summed E-state index contributed by atoms with van der Waals surface area (Å²) >= 11 is 0. The largest absolute Gasteiger partial charge is 0.481 e. The van der Waals surface area contributed by atoms with Crippen molar-refractivity contribution in [2.24, 2.45) is 11.8 Å². The lowest BCUT2D eigenvalue weighted by atomic mass is 9.96. The molecule has 6 heteroatoms. The number of carbonyl (C=O) groups is 3. The van der Waals surface area contributed by atoms with Crippen LogP contribution in [0.1, 0.15) is 31.2 Å². The molecule has 0 spiro atoms. The van der Waals surface area contributed by atoms with Gasteiger partial charge in [0, 0.05) is 24.7 Å². The smallest absolute Gasteiger partial charge is 0.307 e. The van der Waals surface area contributed by atoms with E-state index in [0.29, 0.717) is 17.8 Å². The van der Waals surface area contributed by atoms with Gasteiger partial charge in [0.1, 0.15) is 0 Å². The molecular weight excluding hydrogens is 308 g/mol. The van der Waals surface area contributed by atoms with Gasteiger partial charge in [-0.3, -0.25) is 14.4 Å². The average Bonchev–Trinajstić information content (AvgIpc) is 3.40. The van der Waals surface area contributed by atoms with E-state index < -0.39 is 5.97 Å². The number of nitrogens with one attached hydrogen (secondary N) is 1. The maximum absolute atomic E-state index is 12.4. The molecule has 1 aromatic rings. The Hall–Kier alpha value is -2.37. The fraction of sp³-hybridized carbons (Fsp3) is 0.500. The second kappa shape index (κ2) is 7.03. The van der Waals surface area contributed by atoms with Crippen LogP contribution in [0.2, 0.25) is 0 Å². The fourth-order valence-electron chi connectivity index (χ4n) is 3.10. The summed E-state index contributed by atoms with van der Waals surface area (Å²) in [5, 5.41) is 11.6. The molecule has 0 bridgehead atoms. The molecule has 2 fully saturated rings. The molecule has 0 aromatic heterocycles. The van der Waals surface area contributed by atoms with Crippen molar-refractivity contribution >= 4 is 23.5 Å². The lowest BCUT2D eigenvalue weighted by Gasteiger charge is -2.32. The van der Waals surface area contributed by atoms with Gasteiger partial charge in [-0.25, -0.2) is 0 Å². The quantitative estimate of drug-likeness (QED) is 0.863. The molecule has 1 atom stereocenters. The third-order valence-electron chi connectivity index (χ3n) is 4.61. The molecule has 128 valence electrons. The molecule has 6 nitrogen and oxygen atoms in total. The van der Waals surface area contributed by atoms with Crippen molar-refractivity contribution in [1.82, 2.24) is 4.90 Å². The summed E-state index contributed by atoms with van der Waals surface area (Å²) < 4.78 is 0. The number of hydrogen-bond acceptors (Lipinski definition) is 3. The van der Waals surface area contributed by atoms with Crippen molar-refractivity contribution in [3.63, 3.8) is 0 Å². The Labute approximate surface area is 140 Å². The van der Waals surface area contributed by atoms with E-state index in [-0.39, 0.29) is 30.1 Å². The molecule has 2 amide bonds. The second-order valence-electron chi connectivity index (χ2n) is 6.65. The summed E-state index contributed by atoms with van der Waals surface area (Å²) in [5.74, 6) is -0.747. The van der Waals surface area contributed by atoms with Crippen LogP contribution in [-0.2, 0) is 20.8 Å². The summed E-state index contributed by atoms with van der Waals surface area (Å²) in [6.45, 7) is 1.25. The SMILES string of the molecule is O=C(O)Cc1ccc(NC(=O)C2CCCN(C(=O)C3CC3)C2)cc1. The Morgan fingerprint density at radius 1 is 1.08 bits per heavy atom. The molecule has 2 N–H and O–H groups in total. The van der Waals surface area contributed by atoms with Gasteiger partial charge in [-0.1, -0.05) is 12.1 Å². The number of likely N-dealkylation sites (tertiary alicyclic amines) is 1. The van der Waals surface area contributed by atoms with Gasteiger partial charge in [0.05, 0.1) is 12.3 Å². The zero-order valence-corrected chi connectivity index (χ0v) is 13.5. The molecule has 1 heterocycles. The van der Waals surface area contributed by atoms with Crippen molar-refractivity contribution in [3.05, 3.63) is 29.8 Å². The predicted molar refractivity (Wildman–Crippen MR) is 88.4 cm³/mol. The second-order valence-corrected chi connectivity index (χ2v) is 6.65. The first-order chi connectivity index (χ1) is 11.5. The topological polar surface area (TPSA) is 86.7 Å². The van der Waals surface area contributed by atoms with Crippen molar-refractivity contribution in [2.45, 2.75) is 32.1 Å². The fourth-order valence-corrected chi connectivity index (χ4v) is 3.10. The molecule has 3 rings (SSSR count). The number of piperidine rings is 1. The van der Waals surface area contributed by atoms with Gasteiger partial charge in [0.2, 0.25) is 11.8 Å². The maximum Gasteiger partial charge on any atom is 0.307 e. The van der Waals surface area contributed by atoms with E-state index in [4.69, 9.17) is 5.11 Å². The van der Waals surface area contributed by atoms with Gasteiger partial charge in [0.25, 0.3) is 0 Å². The van der Waals surface area contributed by atoms with Crippen LogP contribution in [0.4, 0.5) is 5.69 Å². The van der Waals surface area contributed by atoms with Crippen molar-refractivity contribution in [3.8, 4) is 0 Å². The van der Waals surface area contributed by atoms with E-state index in [1.165, 1.54) is 0 Å². The summed E-state index contributed by atoms with van der Waals surface area (Å²) in [6.07, 6.45) is 3.57. The number of carboxylic acid groups (broad SMARTS) is 1. The number of benzene rings is 1. The highest BCUT2D eigenvalue weighted by Crippen LogP contribution is 2.32. The third-order valence-corrected chi connectivity index (χ3v) is 4.61. The van der Waals surface area contributed by atoms with E-state index in [1.807, 2.05) is 4.90 Å². The Bertz CT molecular complexity index is 637. The molecule has 1 saturated heterocycles. The van der Waals surface area contributed by atoms with Crippen molar-refractivity contribution < 1.29 is 19.5 Å². The first-order valence-corrected chi connectivity index (χ1v) is 8.43. The zero-order valence-electron chi connectivity index (χ0n) is 13.5. The van der Waals surface area contributed by atoms with E-state index in [1.54, 1.807) is 24.3 Å². The first kappa shape index (κ1) is 16.5. The van der Waals surface area contributed by atoms with Gasteiger partial charge in [-0.15, -0.1) is 0 Å². The van der Waals surface area contributed by atoms with Gasteiger partial charge in [-0.05, 0) is 43.4 Å². The number of rotatable bonds is 5. The van der Waals surface area contributed by atoms with Crippen LogP contribution in [-0.4, -0.2) is 40.9 Å². The first-order valence-electron chi connectivity index (χ1n) is 8.43.